The van der Waals surface area contributed by atoms with Crippen molar-refractivity contribution in [3.8, 4) is 0 Å². The number of hydrogen-bond acceptors (Lipinski definition) is 5. The molecule has 0 spiro atoms. The minimum atomic E-state index is -0.163. The van der Waals surface area contributed by atoms with Gasteiger partial charge in [-0.1, -0.05) is 37.3 Å². The first-order valence-electron chi connectivity index (χ1n) is 6.91. The molecule has 1 unspecified atom stereocenters. The van der Waals surface area contributed by atoms with Gasteiger partial charge in [0.15, 0.2) is 0 Å². The molecule has 112 valence electrons. The lowest BCUT2D eigenvalue weighted by atomic mass is 10.1. The lowest BCUT2D eigenvalue weighted by Gasteiger charge is -2.19. The molecule has 1 aromatic carbocycles. The molecular weight excluding hydrogens is 284 g/mol. The SMILES string of the molecule is CC(CN(C)Cc1cscn1)C(=O)OCc1ccccc1. The largest absolute Gasteiger partial charge is 0.461 e. The van der Waals surface area contributed by atoms with Crippen LogP contribution in [0.3, 0.4) is 0 Å². The van der Waals surface area contributed by atoms with Crippen molar-refractivity contribution in [2.24, 2.45) is 5.92 Å². The average Bonchev–Trinajstić information content (AvgIpc) is 2.98. The summed E-state index contributed by atoms with van der Waals surface area (Å²) in [5.41, 5.74) is 3.86. The molecule has 0 amide bonds. The van der Waals surface area contributed by atoms with E-state index in [1.807, 2.05) is 55.2 Å². The molecule has 0 fully saturated rings. The van der Waals surface area contributed by atoms with Crippen molar-refractivity contribution in [2.75, 3.05) is 13.6 Å². The first-order chi connectivity index (χ1) is 10.1. The van der Waals surface area contributed by atoms with Gasteiger partial charge in [-0.15, -0.1) is 11.3 Å². The summed E-state index contributed by atoms with van der Waals surface area (Å²) >= 11 is 1.58. The molecule has 1 aromatic heterocycles. The number of aromatic nitrogens is 1. The maximum absolute atomic E-state index is 12.0. The predicted octanol–water partition coefficient (Wildman–Crippen LogP) is 2.95. The van der Waals surface area contributed by atoms with Crippen molar-refractivity contribution in [3.63, 3.8) is 0 Å². The average molecular weight is 304 g/mol. The number of thiazole rings is 1. The van der Waals surface area contributed by atoms with Gasteiger partial charge in [0.2, 0.25) is 0 Å². The van der Waals surface area contributed by atoms with E-state index in [9.17, 15) is 4.79 Å². The Morgan fingerprint density at radius 3 is 2.81 bits per heavy atom. The fourth-order valence-electron chi connectivity index (χ4n) is 2.07. The third-order valence-electron chi connectivity index (χ3n) is 3.13. The Kier molecular flexibility index (Phi) is 5.90. The zero-order valence-corrected chi connectivity index (χ0v) is 13.2. The van der Waals surface area contributed by atoms with Gasteiger partial charge in [0.05, 0.1) is 17.1 Å². The van der Waals surface area contributed by atoms with E-state index in [2.05, 4.69) is 9.88 Å². The van der Waals surface area contributed by atoms with Crippen LogP contribution in [0.15, 0.2) is 41.2 Å². The van der Waals surface area contributed by atoms with E-state index in [4.69, 9.17) is 4.74 Å². The van der Waals surface area contributed by atoms with Crippen LogP contribution in [0.5, 0.6) is 0 Å². The van der Waals surface area contributed by atoms with E-state index in [0.717, 1.165) is 17.8 Å². The molecular formula is C16H20N2O2S. The second-order valence-corrected chi connectivity index (χ2v) is 5.89. The fourth-order valence-corrected chi connectivity index (χ4v) is 2.62. The molecule has 0 aliphatic rings. The Morgan fingerprint density at radius 1 is 1.38 bits per heavy atom. The van der Waals surface area contributed by atoms with Gasteiger partial charge in [-0.3, -0.25) is 9.69 Å². The second-order valence-electron chi connectivity index (χ2n) is 5.17. The normalized spacial score (nSPS) is 12.3. The highest BCUT2D eigenvalue weighted by atomic mass is 32.1. The van der Waals surface area contributed by atoms with Gasteiger partial charge in [-0.2, -0.15) is 0 Å². The number of carbonyl (C=O) groups is 1. The van der Waals surface area contributed by atoms with Crippen LogP contribution in [0.1, 0.15) is 18.2 Å². The smallest absolute Gasteiger partial charge is 0.310 e. The molecule has 5 heteroatoms. The third kappa shape index (κ3) is 5.28. The summed E-state index contributed by atoms with van der Waals surface area (Å²) in [6.45, 7) is 3.63. The summed E-state index contributed by atoms with van der Waals surface area (Å²) in [4.78, 5) is 18.3. The Bertz CT molecular complexity index is 543. The number of carbonyl (C=O) groups excluding carboxylic acids is 1. The summed E-state index contributed by atoms with van der Waals surface area (Å²) in [5, 5.41) is 2.02. The maximum atomic E-state index is 12.0. The monoisotopic (exact) mass is 304 g/mol. The van der Waals surface area contributed by atoms with Crippen molar-refractivity contribution in [2.45, 2.75) is 20.1 Å². The molecule has 2 aromatic rings. The third-order valence-corrected chi connectivity index (χ3v) is 3.76. The Labute approximate surface area is 129 Å². The van der Waals surface area contributed by atoms with Crippen LogP contribution in [-0.2, 0) is 22.7 Å². The molecule has 2 rings (SSSR count). The number of benzene rings is 1. The topological polar surface area (TPSA) is 42.4 Å². The van der Waals surface area contributed by atoms with Gasteiger partial charge in [0.25, 0.3) is 0 Å². The van der Waals surface area contributed by atoms with Gasteiger partial charge in [-0.05, 0) is 12.6 Å². The van der Waals surface area contributed by atoms with Gasteiger partial charge in [-0.25, -0.2) is 4.98 Å². The van der Waals surface area contributed by atoms with E-state index < -0.39 is 0 Å². The highest BCUT2D eigenvalue weighted by Crippen LogP contribution is 2.09. The summed E-state index contributed by atoms with van der Waals surface area (Å²) < 4.78 is 5.35. The molecule has 0 bridgehead atoms. The van der Waals surface area contributed by atoms with Crippen LogP contribution in [0.4, 0.5) is 0 Å². The molecule has 4 nitrogen and oxygen atoms in total. The van der Waals surface area contributed by atoms with E-state index in [1.165, 1.54) is 0 Å². The van der Waals surface area contributed by atoms with Crippen molar-refractivity contribution in [1.29, 1.82) is 0 Å². The molecule has 0 aliphatic carbocycles. The van der Waals surface area contributed by atoms with Crippen LogP contribution < -0.4 is 0 Å². The van der Waals surface area contributed by atoms with Crippen LogP contribution in [0, 0.1) is 5.92 Å². The molecule has 0 radical (unpaired) electrons. The molecule has 1 heterocycles. The Morgan fingerprint density at radius 2 is 2.14 bits per heavy atom. The van der Waals surface area contributed by atoms with Gasteiger partial charge in [0, 0.05) is 18.5 Å². The highest BCUT2D eigenvalue weighted by Gasteiger charge is 2.17. The minimum Gasteiger partial charge on any atom is -0.461 e. The molecule has 0 saturated carbocycles. The van der Waals surface area contributed by atoms with Crippen LogP contribution in [0.25, 0.3) is 0 Å². The number of nitrogens with zero attached hydrogens (tertiary/aromatic N) is 2. The van der Waals surface area contributed by atoms with Crippen LogP contribution >= 0.6 is 11.3 Å². The summed E-state index contributed by atoms with van der Waals surface area (Å²) in [5.74, 6) is -0.318. The lowest BCUT2D eigenvalue weighted by Crippen LogP contribution is -2.29. The van der Waals surface area contributed by atoms with Gasteiger partial charge in [0.1, 0.15) is 6.61 Å². The first kappa shape index (κ1) is 15.7. The van der Waals surface area contributed by atoms with E-state index >= 15 is 0 Å². The first-order valence-corrected chi connectivity index (χ1v) is 7.85. The molecule has 1 atom stereocenters. The van der Waals surface area contributed by atoms with Gasteiger partial charge < -0.3 is 4.74 Å². The van der Waals surface area contributed by atoms with E-state index in [1.54, 1.807) is 11.3 Å². The number of hydrogen-bond donors (Lipinski definition) is 0. The molecule has 0 N–H and O–H groups in total. The van der Waals surface area contributed by atoms with E-state index in [0.29, 0.717) is 13.2 Å². The number of esters is 1. The summed E-state index contributed by atoms with van der Waals surface area (Å²) in [6, 6.07) is 9.72. The minimum absolute atomic E-state index is 0.155. The zero-order chi connectivity index (χ0) is 15.1. The van der Waals surface area contributed by atoms with Crippen LogP contribution in [0.2, 0.25) is 0 Å². The number of ether oxygens (including phenoxy) is 1. The van der Waals surface area contributed by atoms with Crippen molar-refractivity contribution in [1.82, 2.24) is 9.88 Å². The Hall–Kier alpha value is -1.72. The quantitative estimate of drug-likeness (QED) is 0.738. The van der Waals surface area contributed by atoms with Gasteiger partial charge >= 0.3 is 5.97 Å². The second kappa shape index (κ2) is 7.90. The standard InChI is InChI=1S/C16H20N2O2S/c1-13(8-18(2)9-15-11-21-12-17-15)16(19)20-10-14-6-4-3-5-7-14/h3-7,11-13H,8-10H2,1-2H3. The Balaban J connectivity index is 1.74. The molecule has 0 saturated heterocycles. The molecule has 0 aliphatic heterocycles. The summed E-state index contributed by atoms with van der Waals surface area (Å²) in [6.07, 6.45) is 0. The summed E-state index contributed by atoms with van der Waals surface area (Å²) in [7, 11) is 1.99. The van der Waals surface area contributed by atoms with Crippen LogP contribution in [-0.4, -0.2) is 29.4 Å². The van der Waals surface area contributed by atoms with Crippen molar-refractivity contribution < 1.29 is 9.53 Å². The fraction of sp³-hybridized carbons (Fsp3) is 0.375. The number of rotatable bonds is 7. The van der Waals surface area contributed by atoms with E-state index in [-0.39, 0.29) is 11.9 Å². The molecule has 21 heavy (non-hydrogen) atoms. The highest BCUT2D eigenvalue weighted by molar-refractivity contribution is 7.07. The zero-order valence-electron chi connectivity index (χ0n) is 12.4. The predicted molar refractivity (Wildman–Crippen MR) is 83.9 cm³/mol. The lowest BCUT2D eigenvalue weighted by molar-refractivity contribution is -0.149. The maximum Gasteiger partial charge on any atom is 0.310 e. The van der Waals surface area contributed by atoms with Crippen molar-refractivity contribution in [3.05, 3.63) is 52.5 Å². The van der Waals surface area contributed by atoms with Crippen molar-refractivity contribution >= 4 is 17.3 Å².